The molecule has 7 nitrogen and oxygen atoms in total. The molecule has 0 fully saturated rings. The molecule has 0 saturated heterocycles. The second-order valence-corrected chi connectivity index (χ2v) is 4.67. The summed E-state index contributed by atoms with van der Waals surface area (Å²) in [7, 11) is 0. The van der Waals surface area contributed by atoms with E-state index in [0.29, 0.717) is 11.1 Å². The Balaban J connectivity index is 1.78. The number of carbonyl (C=O) groups excluding carboxylic acids is 1. The highest BCUT2D eigenvalue weighted by Gasteiger charge is 2.14. The minimum atomic E-state index is -0.191. The van der Waals surface area contributed by atoms with E-state index < -0.39 is 0 Å². The third kappa shape index (κ3) is 2.25. The first-order valence-electron chi connectivity index (χ1n) is 6.26. The average Bonchev–Trinajstić information content (AvgIpc) is 3.05. The summed E-state index contributed by atoms with van der Waals surface area (Å²) in [4.78, 5) is 19.5. The number of nitrogens with one attached hydrogen (secondary N) is 3. The number of fused-ring (bicyclic) bond motifs is 1. The summed E-state index contributed by atoms with van der Waals surface area (Å²) in [6.07, 6.45) is 1.74. The molecule has 0 spiro atoms. The summed E-state index contributed by atoms with van der Waals surface area (Å²) in [5.41, 5.74) is 2.90. The van der Waals surface area contributed by atoms with Crippen molar-refractivity contribution in [2.45, 2.75) is 19.9 Å². The number of imidazole rings is 1. The lowest BCUT2D eigenvalue weighted by Crippen LogP contribution is -2.27. The first-order chi connectivity index (χ1) is 9.63. The minimum absolute atomic E-state index is 0.170. The van der Waals surface area contributed by atoms with Crippen molar-refractivity contribution >= 4 is 16.9 Å². The number of aromatic nitrogens is 5. The van der Waals surface area contributed by atoms with Crippen LogP contribution in [0.5, 0.6) is 0 Å². The molecule has 0 saturated carbocycles. The molecule has 2 aromatic heterocycles. The molecule has 0 aliphatic rings. The van der Waals surface area contributed by atoms with E-state index in [2.05, 4.69) is 30.7 Å². The molecule has 0 bridgehead atoms. The van der Waals surface area contributed by atoms with Gasteiger partial charge in [-0.1, -0.05) is 0 Å². The van der Waals surface area contributed by atoms with E-state index in [0.717, 1.165) is 17.0 Å². The molecule has 20 heavy (non-hydrogen) atoms. The number of rotatable bonds is 3. The zero-order valence-electron chi connectivity index (χ0n) is 11.1. The topological polar surface area (TPSA) is 99.3 Å². The Morgan fingerprint density at radius 1 is 1.30 bits per heavy atom. The van der Waals surface area contributed by atoms with Gasteiger partial charge in [-0.05, 0) is 32.0 Å². The van der Waals surface area contributed by atoms with Crippen molar-refractivity contribution in [1.29, 1.82) is 0 Å². The highest BCUT2D eigenvalue weighted by molar-refractivity contribution is 5.97. The monoisotopic (exact) mass is 270 g/mol. The fraction of sp³-hybridized carbons (Fsp3) is 0.231. The second-order valence-electron chi connectivity index (χ2n) is 4.67. The molecule has 7 heteroatoms. The summed E-state index contributed by atoms with van der Waals surface area (Å²) in [5, 5.41) is 13.3. The van der Waals surface area contributed by atoms with Crippen LogP contribution in [0, 0.1) is 6.92 Å². The van der Waals surface area contributed by atoms with Crippen LogP contribution in [0.1, 0.15) is 34.8 Å². The highest BCUT2D eigenvalue weighted by atomic mass is 16.1. The third-order valence-electron chi connectivity index (χ3n) is 3.06. The molecule has 2 heterocycles. The molecule has 102 valence electrons. The first-order valence-corrected chi connectivity index (χ1v) is 6.26. The van der Waals surface area contributed by atoms with Crippen LogP contribution >= 0.6 is 0 Å². The van der Waals surface area contributed by atoms with Gasteiger partial charge in [0, 0.05) is 17.5 Å². The van der Waals surface area contributed by atoms with Crippen molar-refractivity contribution in [2.24, 2.45) is 0 Å². The van der Waals surface area contributed by atoms with Crippen LogP contribution in [-0.4, -0.2) is 31.3 Å². The Labute approximate surface area is 114 Å². The summed E-state index contributed by atoms with van der Waals surface area (Å²) in [5.74, 6) is 0.565. The maximum absolute atomic E-state index is 12.2. The molecule has 0 radical (unpaired) electrons. The molecule has 0 aliphatic heterocycles. The minimum Gasteiger partial charge on any atom is -0.344 e. The molecule has 3 N–H and O–H groups in total. The number of benzene rings is 1. The van der Waals surface area contributed by atoms with E-state index in [-0.39, 0.29) is 11.9 Å². The van der Waals surface area contributed by atoms with E-state index in [9.17, 15) is 4.79 Å². The molecule has 1 unspecified atom stereocenters. The van der Waals surface area contributed by atoms with Crippen molar-refractivity contribution in [1.82, 2.24) is 30.7 Å². The quantitative estimate of drug-likeness (QED) is 0.671. The zero-order chi connectivity index (χ0) is 14.1. The van der Waals surface area contributed by atoms with Crippen LogP contribution in [0.25, 0.3) is 11.0 Å². The molecular formula is C13H14N6O. The van der Waals surface area contributed by atoms with Crippen LogP contribution in [0.2, 0.25) is 0 Å². The number of hydrogen-bond acceptors (Lipinski definition) is 4. The van der Waals surface area contributed by atoms with Crippen LogP contribution in [-0.2, 0) is 0 Å². The maximum atomic E-state index is 12.2. The SMILES string of the molecule is Cc1cnc(C(C)NC(=O)c2ccc3n[nH]nc3c2)[nH]1. The van der Waals surface area contributed by atoms with Gasteiger partial charge in [0.25, 0.3) is 5.91 Å². The fourth-order valence-corrected chi connectivity index (χ4v) is 1.98. The predicted octanol–water partition coefficient (Wildman–Crippen LogP) is 1.48. The van der Waals surface area contributed by atoms with E-state index in [1.54, 1.807) is 24.4 Å². The van der Waals surface area contributed by atoms with Crippen molar-refractivity contribution in [3.63, 3.8) is 0 Å². The van der Waals surface area contributed by atoms with Crippen LogP contribution < -0.4 is 5.32 Å². The lowest BCUT2D eigenvalue weighted by molar-refractivity contribution is 0.0938. The van der Waals surface area contributed by atoms with E-state index in [4.69, 9.17) is 0 Å². The van der Waals surface area contributed by atoms with Gasteiger partial charge in [-0.15, -0.1) is 0 Å². The summed E-state index contributed by atoms with van der Waals surface area (Å²) in [6.45, 7) is 3.80. The molecular weight excluding hydrogens is 256 g/mol. The largest absolute Gasteiger partial charge is 0.344 e. The van der Waals surface area contributed by atoms with Gasteiger partial charge in [0.2, 0.25) is 0 Å². The van der Waals surface area contributed by atoms with Crippen molar-refractivity contribution in [3.8, 4) is 0 Å². The standard InChI is InChI=1S/C13H14N6O/c1-7-6-14-12(15-7)8(2)16-13(20)9-3-4-10-11(5-9)18-19-17-10/h3-6,8H,1-2H3,(H,14,15)(H,16,20)(H,17,18,19). The smallest absolute Gasteiger partial charge is 0.251 e. The summed E-state index contributed by atoms with van der Waals surface area (Å²) < 4.78 is 0. The normalized spacial score (nSPS) is 12.5. The van der Waals surface area contributed by atoms with Gasteiger partial charge in [-0.3, -0.25) is 4.79 Å². The molecule has 1 aromatic carbocycles. The van der Waals surface area contributed by atoms with Gasteiger partial charge in [-0.2, -0.15) is 15.4 Å². The second kappa shape index (κ2) is 4.76. The van der Waals surface area contributed by atoms with Gasteiger partial charge < -0.3 is 10.3 Å². The van der Waals surface area contributed by atoms with Gasteiger partial charge in [0.05, 0.1) is 6.04 Å². The van der Waals surface area contributed by atoms with E-state index >= 15 is 0 Å². The Hall–Kier alpha value is -2.70. The van der Waals surface area contributed by atoms with Crippen LogP contribution in [0.3, 0.4) is 0 Å². The average molecular weight is 270 g/mol. The summed E-state index contributed by atoms with van der Waals surface area (Å²) in [6, 6.07) is 4.99. The van der Waals surface area contributed by atoms with Crippen LogP contribution in [0.4, 0.5) is 0 Å². The lowest BCUT2D eigenvalue weighted by atomic mass is 10.1. The Morgan fingerprint density at radius 3 is 2.85 bits per heavy atom. The highest BCUT2D eigenvalue weighted by Crippen LogP contribution is 2.13. The number of hydrogen-bond donors (Lipinski definition) is 3. The molecule has 3 rings (SSSR count). The number of carbonyl (C=O) groups is 1. The maximum Gasteiger partial charge on any atom is 0.251 e. The van der Waals surface area contributed by atoms with Crippen LogP contribution in [0.15, 0.2) is 24.4 Å². The Morgan fingerprint density at radius 2 is 2.10 bits per heavy atom. The molecule has 3 aromatic rings. The third-order valence-corrected chi connectivity index (χ3v) is 3.06. The number of H-pyrrole nitrogens is 2. The number of amides is 1. The number of aryl methyl sites for hydroxylation is 1. The summed E-state index contributed by atoms with van der Waals surface area (Å²) >= 11 is 0. The van der Waals surface area contributed by atoms with Crippen molar-refractivity contribution in [3.05, 3.63) is 41.5 Å². The van der Waals surface area contributed by atoms with Gasteiger partial charge in [0.15, 0.2) is 0 Å². The fourth-order valence-electron chi connectivity index (χ4n) is 1.98. The van der Waals surface area contributed by atoms with Crippen molar-refractivity contribution in [2.75, 3.05) is 0 Å². The van der Waals surface area contributed by atoms with E-state index in [1.165, 1.54) is 0 Å². The first kappa shape index (κ1) is 12.3. The Bertz CT molecular complexity index is 759. The molecule has 1 atom stereocenters. The number of nitrogens with zero attached hydrogens (tertiary/aromatic N) is 3. The Kier molecular flexibility index (Phi) is 2.94. The van der Waals surface area contributed by atoms with Crippen molar-refractivity contribution < 1.29 is 4.79 Å². The van der Waals surface area contributed by atoms with Gasteiger partial charge >= 0.3 is 0 Å². The van der Waals surface area contributed by atoms with Gasteiger partial charge in [0.1, 0.15) is 16.9 Å². The number of aromatic amines is 2. The molecule has 1 amide bonds. The predicted molar refractivity (Wildman–Crippen MR) is 73.1 cm³/mol. The van der Waals surface area contributed by atoms with E-state index in [1.807, 2.05) is 13.8 Å². The van der Waals surface area contributed by atoms with Gasteiger partial charge in [-0.25, -0.2) is 4.98 Å². The zero-order valence-corrected chi connectivity index (χ0v) is 11.1. The molecule has 0 aliphatic carbocycles. The lowest BCUT2D eigenvalue weighted by Gasteiger charge is -2.11.